The Morgan fingerprint density at radius 1 is 1.37 bits per heavy atom. The van der Waals surface area contributed by atoms with E-state index in [-0.39, 0.29) is 5.82 Å². The van der Waals surface area contributed by atoms with Gasteiger partial charge in [-0.1, -0.05) is 13.0 Å². The van der Waals surface area contributed by atoms with Crippen LogP contribution in [0.15, 0.2) is 18.2 Å². The van der Waals surface area contributed by atoms with Crippen molar-refractivity contribution in [3.8, 4) is 0 Å². The summed E-state index contributed by atoms with van der Waals surface area (Å²) in [5, 5.41) is 3.27. The van der Waals surface area contributed by atoms with Crippen molar-refractivity contribution in [2.24, 2.45) is 0 Å². The van der Waals surface area contributed by atoms with E-state index in [4.69, 9.17) is 4.74 Å². The molecule has 0 fully saturated rings. The van der Waals surface area contributed by atoms with Gasteiger partial charge in [-0.3, -0.25) is 0 Å². The molecule has 0 radical (unpaired) electrons. The summed E-state index contributed by atoms with van der Waals surface area (Å²) in [6.45, 7) is 5.29. The molecule has 0 atom stereocenters. The van der Waals surface area contributed by atoms with Crippen LogP contribution in [0.25, 0.3) is 0 Å². The Morgan fingerprint density at radius 3 is 2.79 bits per heavy atom. The van der Waals surface area contributed by atoms with Crippen molar-refractivity contribution in [2.45, 2.75) is 26.3 Å². The summed E-state index contributed by atoms with van der Waals surface area (Å²) >= 11 is 0. The predicted octanol–water partition coefficient (Wildman–Crippen LogP) is 2.80. The highest BCUT2D eigenvalue weighted by Crippen LogP contribution is 2.19. The summed E-state index contributed by atoms with van der Waals surface area (Å²) in [5.74, 6) is -0.157. The van der Waals surface area contributed by atoms with Crippen molar-refractivity contribution in [3.63, 3.8) is 0 Å². The summed E-state index contributed by atoms with van der Waals surface area (Å²) in [6, 6.07) is 5.45. The molecule has 0 bridgehead atoms. The topological polar surface area (TPSA) is 24.5 Å². The molecule has 0 saturated carbocycles. The zero-order valence-corrected chi connectivity index (χ0v) is 12.2. The van der Waals surface area contributed by atoms with E-state index < -0.39 is 0 Å². The van der Waals surface area contributed by atoms with Gasteiger partial charge in [-0.2, -0.15) is 0 Å². The Morgan fingerprint density at radius 2 is 2.16 bits per heavy atom. The average molecular weight is 268 g/mol. The third-order valence-corrected chi connectivity index (χ3v) is 3.02. The molecule has 19 heavy (non-hydrogen) atoms. The van der Waals surface area contributed by atoms with E-state index in [0.717, 1.165) is 38.0 Å². The fourth-order valence-corrected chi connectivity index (χ4v) is 1.95. The molecule has 108 valence electrons. The highest BCUT2D eigenvalue weighted by Gasteiger charge is 2.08. The van der Waals surface area contributed by atoms with E-state index in [0.29, 0.717) is 12.3 Å². The van der Waals surface area contributed by atoms with Gasteiger partial charge in [0.2, 0.25) is 0 Å². The van der Waals surface area contributed by atoms with Gasteiger partial charge in [-0.05, 0) is 37.1 Å². The van der Waals surface area contributed by atoms with E-state index >= 15 is 0 Å². The maximum absolute atomic E-state index is 14.0. The van der Waals surface area contributed by atoms with Crippen molar-refractivity contribution in [3.05, 3.63) is 29.6 Å². The van der Waals surface area contributed by atoms with Crippen LogP contribution in [0.3, 0.4) is 0 Å². The number of benzene rings is 1. The van der Waals surface area contributed by atoms with Gasteiger partial charge in [0.15, 0.2) is 0 Å². The van der Waals surface area contributed by atoms with Crippen LogP contribution in [0.1, 0.15) is 25.3 Å². The maximum atomic E-state index is 14.0. The largest absolute Gasteiger partial charge is 0.385 e. The molecular formula is C15H25FN2O. The quantitative estimate of drug-likeness (QED) is 0.697. The van der Waals surface area contributed by atoms with Crippen molar-refractivity contribution < 1.29 is 9.13 Å². The smallest absolute Gasteiger partial charge is 0.146 e. The molecule has 0 aliphatic heterocycles. The Balaban J connectivity index is 2.55. The van der Waals surface area contributed by atoms with Crippen LogP contribution in [-0.2, 0) is 11.3 Å². The van der Waals surface area contributed by atoms with Crippen LogP contribution in [0.5, 0.6) is 0 Å². The van der Waals surface area contributed by atoms with E-state index in [2.05, 4.69) is 12.2 Å². The van der Waals surface area contributed by atoms with Crippen molar-refractivity contribution in [1.29, 1.82) is 0 Å². The standard InChI is InChI=1S/C15H25FN2O/c1-4-8-17-12-13-6-7-15(14(16)11-13)18(2)9-5-10-19-3/h6-7,11,17H,4-5,8-10,12H2,1-3H3. The van der Waals surface area contributed by atoms with Gasteiger partial charge in [0.1, 0.15) is 5.82 Å². The van der Waals surface area contributed by atoms with Crippen molar-refractivity contribution >= 4 is 5.69 Å². The van der Waals surface area contributed by atoms with Crippen LogP contribution in [-0.4, -0.2) is 33.9 Å². The molecule has 1 N–H and O–H groups in total. The van der Waals surface area contributed by atoms with Crippen LogP contribution < -0.4 is 10.2 Å². The lowest BCUT2D eigenvalue weighted by Gasteiger charge is -2.20. The Bertz CT molecular complexity index is 371. The first-order chi connectivity index (χ1) is 9.19. The van der Waals surface area contributed by atoms with Gasteiger partial charge in [-0.25, -0.2) is 4.39 Å². The third-order valence-electron chi connectivity index (χ3n) is 3.02. The highest BCUT2D eigenvalue weighted by molar-refractivity contribution is 5.48. The summed E-state index contributed by atoms with van der Waals surface area (Å²) in [4.78, 5) is 1.93. The molecule has 1 aromatic rings. The highest BCUT2D eigenvalue weighted by atomic mass is 19.1. The first-order valence-electron chi connectivity index (χ1n) is 6.88. The Hall–Kier alpha value is -1.13. The molecule has 0 saturated heterocycles. The molecule has 1 aromatic carbocycles. The molecular weight excluding hydrogens is 243 g/mol. The molecule has 0 aliphatic rings. The average Bonchev–Trinajstić information content (AvgIpc) is 2.39. The van der Waals surface area contributed by atoms with Gasteiger partial charge < -0.3 is 15.0 Å². The maximum Gasteiger partial charge on any atom is 0.146 e. The van der Waals surface area contributed by atoms with E-state index in [9.17, 15) is 4.39 Å². The van der Waals surface area contributed by atoms with Gasteiger partial charge in [-0.15, -0.1) is 0 Å². The lowest BCUT2D eigenvalue weighted by atomic mass is 10.1. The first kappa shape index (κ1) is 15.9. The fourth-order valence-electron chi connectivity index (χ4n) is 1.95. The molecule has 4 heteroatoms. The van der Waals surface area contributed by atoms with Gasteiger partial charge in [0.25, 0.3) is 0 Å². The van der Waals surface area contributed by atoms with Crippen LogP contribution in [0, 0.1) is 5.82 Å². The number of nitrogens with zero attached hydrogens (tertiary/aromatic N) is 1. The number of ether oxygens (including phenoxy) is 1. The number of nitrogens with one attached hydrogen (secondary N) is 1. The second kappa shape index (κ2) is 8.88. The minimum Gasteiger partial charge on any atom is -0.385 e. The van der Waals surface area contributed by atoms with E-state index in [1.54, 1.807) is 13.2 Å². The summed E-state index contributed by atoms with van der Waals surface area (Å²) in [7, 11) is 3.59. The van der Waals surface area contributed by atoms with Crippen LogP contribution >= 0.6 is 0 Å². The summed E-state index contributed by atoms with van der Waals surface area (Å²) in [6.07, 6.45) is 1.98. The lowest BCUT2D eigenvalue weighted by molar-refractivity contribution is 0.196. The summed E-state index contributed by atoms with van der Waals surface area (Å²) < 4.78 is 19.0. The molecule has 0 heterocycles. The Kier molecular flexibility index (Phi) is 7.45. The normalized spacial score (nSPS) is 10.7. The number of hydrogen-bond acceptors (Lipinski definition) is 3. The van der Waals surface area contributed by atoms with Gasteiger partial charge >= 0.3 is 0 Å². The molecule has 0 aliphatic carbocycles. The van der Waals surface area contributed by atoms with Gasteiger partial charge in [0.05, 0.1) is 5.69 Å². The first-order valence-corrected chi connectivity index (χ1v) is 6.88. The molecule has 0 amide bonds. The minimum atomic E-state index is -0.157. The van der Waals surface area contributed by atoms with Gasteiger partial charge in [0, 0.05) is 33.9 Å². The molecule has 0 aromatic heterocycles. The number of methoxy groups -OCH3 is 1. The van der Waals surface area contributed by atoms with Crippen molar-refractivity contribution in [1.82, 2.24) is 5.32 Å². The fraction of sp³-hybridized carbons (Fsp3) is 0.600. The second-order valence-corrected chi connectivity index (χ2v) is 4.73. The zero-order valence-electron chi connectivity index (χ0n) is 12.2. The number of anilines is 1. The zero-order chi connectivity index (χ0) is 14.1. The second-order valence-electron chi connectivity index (χ2n) is 4.73. The Labute approximate surface area is 115 Å². The lowest BCUT2D eigenvalue weighted by Crippen LogP contribution is -2.21. The van der Waals surface area contributed by atoms with Crippen molar-refractivity contribution in [2.75, 3.05) is 38.8 Å². The predicted molar refractivity (Wildman–Crippen MR) is 78.2 cm³/mol. The summed E-state index contributed by atoms with van der Waals surface area (Å²) in [5.41, 5.74) is 1.63. The molecule has 0 unspecified atom stereocenters. The van der Waals surface area contributed by atoms with Crippen LogP contribution in [0.4, 0.5) is 10.1 Å². The molecule has 3 nitrogen and oxygen atoms in total. The number of hydrogen-bond donors (Lipinski definition) is 1. The molecule has 0 spiro atoms. The monoisotopic (exact) mass is 268 g/mol. The SMILES string of the molecule is CCCNCc1ccc(N(C)CCCOC)c(F)c1. The van der Waals surface area contributed by atoms with E-state index in [1.807, 2.05) is 24.1 Å². The number of rotatable bonds is 9. The molecule has 1 rings (SSSR count). The van der Waals surface area contributed by atoms with Crippen LogP contribution in [0.2, 0.25) is 0 Å². The van der Waals surface area contributed by atoms with E-state index in [1.165, 1.54) is 0 Å². The minimum absolute atomic E-state index is 0.157. The third kappa shape index (κ3) is 5.57. The number of halogens is 1.